The lowest BCUT2D eigenvalue weighted by Gasteiger charge is -2.11. The standard InChI is InChI=1S/C8H13N3O2S/c1-14(9,13)8-6-4-2-3-5-7(6)11(12)10-8/h9,12H,2-5H2,1H3. The Labute approximate surface area is 82.7 Å². The number of rotatable bonds is 1. The Morgan fingerprint density at radius 1 is 1.50 bits per heavy atom. The molecule has 1 heterocycles. The van der Waals surface area contributed by atoms with E-state index in [2.05, 4.69) is 5.10 Å². The van der Waals surface area contributed by atoms with Crippen LogP contribution in [0.2, 0.25) is 0 Å². The second-order valence-corrected chi connectivity index (χ2v) is 5.74. The van der Waals surface area contributed by atoms with E-state index >= 15 is 0 Å². The van der Waals surface area contributed by atoms with Gasteiger partial charge in [0.05, 0.1) is 15.4 Å². The molecule has 0 aliphatic heterocycles. The van der Waals surface area contributed by atoms with Gasteiger partial charge in [0.15, 0.2) is 5.03 Å². The van der Waals surface area contributed by atoms with Crippen molar-refractivity contribution in [3.05, 3.63) is 11.3 Å². The van der Waals surface area contributed by atoms with Crippen LogP contribution in [0, 0.1) is 4.78 Å². The third kappa shape index (κ3) is 1.39. The quantitative estimate of drug-likeness (QED) is 0.687. The van der Waals surface area contributed by atoms with Gasteiger partial charge in [0.2, 0.25) is 0 Å². The number of fused-ring (bicyclic) bond motifs is 1. The molecule has 78 valence electrons. The lowest BCUT2D eigenvalue weighted by Crippen LogP contribution is -2.07. The van der Waals surface area contributed by atoms with Crippen LogP contribution in [0.5, 0.6) is 0 Å². The summed E-state index contributed by atoms with van der Waals surface area (Å²) in [6.07, 6.45) is 4.90. The topological polar surface area (TPSA) is 79.0 Å². The van der Waals surface area contributed by atoms with Gasteiger partial charge in [0.1, 0.15) is 0 Å². The summed E-state index contributed by atoms with van der Waals surface area (Å²) >= 11 is 0. The average molecular weight is 215 g/mol. The predicted octanol–water partition coefficient (Wildman–Crippen LogP) is 1.03. The fourth-order valence-corrected chi connectivity index (χ4v) is 2.78. The first-order valence-corrected chi connectivity index (χ1v) is 6.50. The molecular formula is C8H13N3O2S. The molecule has 0 saturated heterocycles. The maximum atomic E-state index is 11.6. The summed E-state index contributed by atoms with van der Waals surface area (Å²) in [6, 6.07) is 0. The van der Waals surface area contributed by atoms with Crippen LogP contribution >= 0.6 is 0 Å². The highest BCUT2D eigenvalue weighted by Gasteiger charge is 2.24. The van der Waals surface area contributed by atoms with Crippen LogP contribution in [0.4, 0.5) is 0 Å². The van der Waals surface area contributed by atoms with E-state index in [0.29, 0.717) is 0 Å². The van der Waals surface area contributed by atoms with Gasteiger partial charge in [-0.05, 0) is 25.7 Å². The van der Waals surface area contributed by atoms with Gasteiger partial charge in [-0.15, -0.1) is 9.94 Å². The van der Waals surface area contributed by atoms with Crippen LogP contribution < -0.4 is 0 Å². The Morgan fingerprint density at radius 2 is 2.14 bits per heavy atom. The Balaban J connectivity index is 2.64. The molecule has 0 radical (unpaired) electrons. The first kappa shape index (κ1) is 9.51. The Bertz CT molecular complexity index is 461. The van der Waals surface area contributed by atoms with Crippen molar-refractivity contribution in [2.24, 2.45) is 0 Å². The monoisotopic (exact) mass is 215 g/mol. The molecule has 0 saturated carbocycles. The molecule has 0 fully saturated rings. The van der Waals surface area contributed by atoms with Gasteiger partial charge in [-0.2, -0.15) is 0 Å². The molecule has 0 amide bonds. The van der Waals surface area contributed by atoms with Gasteiger partial charge < -0.3 is 5.21 Å². The second kappa shape index (κ2) is 2.98. The van der Waals surface area contributed by atoms with E-state index in [9.17, 15) is 9.42 Å². The molecule has 5 nitrogen and oxygen atoms in total. The van der Waals surface area contributed by atoms with Crippen molar-refractivity contribution < 1.29 is 9.42 Å². The lowest BCUT2D eigenvalue weighted by atomic mass is 9.98. The van der Waals surface area contributed by atoms with E-state index in [1.54, 1.807) is 0 Å². The highest BCUT2D eigenvalue weighted by molar-refractivity contribution is 7.91. The number of hydrogen-bond donors (Lipinski definition) is 2. The van der Waals surface area contributed by atoms with Gasteiger partial charge in [0.25, 0.3) is 0 Å². The van der Waals surface area contributed by atoms with Crippen molar-refractivity contribution >= 4 is 9.73 Å². The molecule has 1 aliphatic carbocycles. The zero-order valence-corrected chi connectivity index (χ0v) is 8.80. The summed E-state index contributed by atoms with van der Waals surface area (Å²) in [4.78, 5) is 0.793. The molecule has 1 aromatic heterocycles. The molecule has 6 heteroatoms. The summed E-state index contributed by atoms with van der Waals surface area (Å²) < 4.78 is 19.0. The van der Waals surface area contributed by atoms with E-state index in [1.165, 1.54) is 6.26 Å². The predicted molar refractivity (Wildman–Crippen MR) is 51.1 cm³/mol. The van der Waals surface area contributed by atoms with Crippen LogP contribution in [0.25, 0.3) is 0 Å². The molecular weight excluding hydrogens is 202 g/mol. The second-order valence-electron chi connectivity index (χ2n) is 3.67. The Kier molecular flexibility index (Phi) is 2.02. The number of hydrogen-bond acceptors (Lipinski definition) is 4. The lowest BCUT2D eigenvalue weighted by molar-refractivity contribution is 0.135. The fraction of sp³-hybridized carbons (Fsp3) is 0.625. The normalized spacial score (nSPS) is 20.1. The van der Waals surface area contributed by atoms with Crippen molar-refractivity contribution in [1.29, 1.82) is 4.78 Å². The number of nitrogens with one attached hydrogen (secondary N) is 1. The van der Waals surface area contributed by atoms with Gasteiger partial charge >= 0.3 is 0 Å². The zero-order valence-electron chi connectivity index (χ0n) is 7.99. The molecule has 1 aromatic rings. The molecule has 0 aromatic carbocycles. The van der Waals surface area contributed by atoms with Crippen molar-refractivity contribution in [3.8, 4) is 0 Å². The average Bonchev–Trinajstić information content (AvgIpc) is 2.44. The first-order valence-electron chi connectivity index (χ1n) is 4.54. The van der Waals surface area contributed by atoms with Crippen molar-refractivity contribution in [3.63, 3.8) is 0 Å². The van der Waals surface area contributed by atoms with Crippen LogP contribution in [0.3, 0.4) is 0 Å². The molecule has 2 N–H and O–H groups in total. The molecule has 14 heavy (non-hydrogen) atoms. The van der Waals surface area contributed by atoms with E-state index in [1.807, 2.05) is 0 Å². The minimum atomic E-state index is -2.82. The molecule has 2 rings (SSSR count). The molecule has 0 bridgehead atoms. The zero-order chi connectivity index (χ0) is 10.3. The van der Waals surface area contributed by atoms with Crippen LogP contribution in [0.15, 0.2) is 5.03 Å². The number of nitrogens with zero attached hydrogens (tertiary/aromatic N) is 2. The van der Waals surface area contributed by atoms with E-state index in [4.69, 9.17) is 4.78 Å². The Morgan fingerprint density at radius 3 is 2.79 bits per heavy atom. The van der Waals surface area contributed by atoms with Gasteiger partial charge in [0, 0.05) is 11.8 Å². The summed E-state index contributed by atoms with van der Waals surface area (Å²) in [5.41, 5.74) is 1.55. The molecule has 0 spiro atoms. The van der Waals surface area contributed by atoms with Crippen LogP contribution in [0.1, 0.15) is 24.1 Å². The summed E-state index contributed by atoms with van der Waals surface area (Å²) in [7, 11) is -2.82. The third-order valence-electron chi connectivity index (χ3n) is 2.49. The van der Waals surface area contributed by atoms with Crippen molar-refractivity contribution in [2.45, 2.75) is 30.7 Å². The fourth-order valence-electron chi connectivity index (χ4n) is 1.86. The maximum absolute atomic E-state index is 11.6. The third-order valence-corrected chi connectivity index (χ3v) is 3.56. The minimum absolute atomic E-state index is 0.259. The van der Waals surface area contributed by atoms with Gasteiger partial charge in [-0.1, -0.05) is 0 Å². The largest absolute Gasteiger partial charge is 0.411 e. The summed E-state index contributed by atoms with van der Waals surface area (Å²) in [5.74, 6) is 0. The molecule has 1 unspecified atom stereocenters. The van der Waals surface area contributed by atoms with E-state index in [0.717, 1.165) is 41.8 Å². The highest BCUT2D eigenvalue weighted by atomic mass is 32.2. The van der Waals surface area contributed by atoms with Crippen molar-refractivity contribution in [1.82, 2.24) is 9.94 Å². The Hall–Kier alpha value is -1.04. The highest BCUT2D eigenvalue weighted by Crippen LogP contribution is 2.26. The maximum Gasteiger partial charge on any atom is 0.164 e. The SMILES string of the molecule is CS(=N)(=O)c1nn(O)c2c1CCCC2. The number of aromatic nitrogens is 2. The minimum Gasteiger partial charge on any atom is -0.411 e. The smallest absolute Gasteiger partial charge is 0.164 e. The summed E-state index contributed by atoms with van der Waals surface area (Å²) in [5, 5.41) is 13.5. The van der Waals surface area contributed by atoms with Crippen molar-refractivity contribution in [2.75, 3.05) is 6.26 Å². The van der Waals surface area contributed by atoms with Gasteiger partial charge in [-0.3, -0.25) is 0 Å². The van der Waals surface area contributed by atoms with Crippen LogP contribution in [-0.2, 0) is 22.6 Å². The van der Waals surface area contributed by atoms with Crippen LogP contribution in [-0.4, -0.2) is 25.6 Å². The first-order chi connectivity index (χ1) is 6.50. The van der Waals surface area contributed by atoms with E-state index in [-0.39, 0.29) is 5.03 Å². The molecule has 1 atom stereocenters. The summed E-state index contributed by atoms with van der Waals surface area (Å²) in [6.45, 7) is 0. The molecule has 1 aliphatic rings. The van der Waals surface area contributed by atoms with E-state index < -0.39 is 9.73 Å². The van der Waals surface area contributed by atoms with Gasteiger partial charge in [-0.25, -0.2) is 8.99 Å².